The molecular formula is C11H17N3O2. The Morgan fingerprint density at radius 1 is 1.62 bits per heavy atom. The lowest BCUT2D eigenvalue weighted by Crippen LogP contribution is -2.27. The summed E-state index contributed by atoms with van der Waals surface area (Å²) >= 11 is 0. The van der Waals surface area contributed by atoms with E-state index < -0.39 is 0 Å². The Labute approximate surface area is 94.8 Å². The first kappa shape index (κ1) is 11.1. The van der Waals surface area contributed by atoms with E-state index in [1.54, 1.807) is 4.68 Å². The maximum absolute atomic E-state index is 11.6. The van der Waals surface area contributed by atoms with Crippen LogP contribution in [0.2, 0.25) is 0 Å². The predicted molar refractivity (Wildman–Crippen MR) is 59.1 cm³/mol. The summed E-state index contributed by atoms with van der Waals surface area (Å²) < 4.78 is 6.40. The van der Waals surface area contributed by atoms with Gasteiger partial charge in [0, 0.05) is 24.8 Å². The van der Waals surface area contributed by atoms with E-state index in [9.17, 15) is 4.79 Å². The molecule has 0 bridgehead atoms. The Balaban J connectivity index is 2.27. The highest BCUT2D eigenvalue weighted by atomic mass is 16.5. The van der Waals surface area contributed by atoms with Gasteiger partial charge in [0.2, 0.25) is 0 Å². The van der Waals surface area contributed by atoms with E-state index in [1.165, 1.54) is 20.0 Å². The van der Waals surface area contributed by atoms with Gasteiger partial charge in [0.1, 0.15) is 0 Å². The number of esters is 1. The van der Waals surface area contributed by atoms with Crippen LogP contribution in [0.25, 0.3) is 0 Å². The van der Waals surface area contributed by atoms with E-state index in [0.29, 0.717) is 5.69 Å². The number of nitrogens with one attached hydrogen (secondary N) is 1. The molecule has 1 aromatic heterocycles. The van der Waals surface area contributed by atoms with Gasteiger partial charge in [-0.2, -0.15) is 5.10 Å². The van der Waals surface area contributed by atoms with Gasteiger partial charge < -0.3 is 10.1 Å². The van der Waals surface area contributed by atoms with Crippen molar-refractivity contribution in [2.75, 3.05) is 13.7 Å². The Bertz CT molecular complexity index is 381. The number of carbonyl (C=O) groups is 1. The number of ether oxygens (including phenoxy) is 1. The minimum atomic E-state index is -0.358. The first-order valence-electron chi connectivity index (χ1n) is 5.57. The third-order valence-corrected chi connectivity index (χ3v) is 2.92. The van der Waals surface area contributed by atoms with Crippen LogP contribution in [0.5, 0.6) is 0 Å². The van der Waals surface area contributed by atoms with Crippen molar-refractivity contribution < 1.29 is 9.53 Å². The highest BCUT2D eigenvalue weighted by Crippen LogP contribution is 2.25. The molecule has 0 saturated carbocycles. The molecule has 0 radical (unpaired) electrons. The van der Waals surface area contributed by atoms with Gasteiger partial charge in [-0.3, -0.25) is 4.68 Å². The SMILES string of the molecule is COC(=O)c1nn(C)cc1C1CCCCN1. The highest BCUT2D eigenvalue weighted by Gasteiger charge is 2.24. The molecule has 1 aromatic rings. The summed E-state index contributed by atoms with van der Waals surface area (Å²) in [4.78, 5) is 11.6. The molecule has 2 heterocycles. The van der Waals surface area contributed by atoms with Gasteiger partial charge in [-0.05, 0) is 19.4 Å². The number of nitrogens with zero attached hydrogens (tertiary/aromatic N) is 2. The van der Waals surface area contributed by atoms with Crippen LogP contribution in [0.15, 0.2) is 6.20 Å². The Morgan fingerprint density at radius 3 is 3.06 bits per heavy atom. The number of rotatable bonds is 2. The molecule has 5 heteroatoms. The van der Waals surface area contributed by atoms with Crippen LogP contribution in [0.4, 0.5) is 0 Å². The molecule has 1 unspecified atom stereocenters. The van der Waals surface area contributed by atoms with E-state index >= 15 is 0 Å². The second-order valence-electron chi connectivity index (χ2n) is 4.10. The topological polar surface area (TPSA) is 56.1 Å². The van der Waals surface area contributed by atoms with Gasteiger partial charge in [0.05, 0.1) is 7.11 Å². The van der Waals surface area contributed by atoms with Gasteiger partial charge >= 0.3 is 5.97 Å². The molecule has 1 fully saturated rings. The lowest BCUT2D eigenvalue weighted by molar-refractivity contribution is 0.0590. The second-order valence-corrected chi connectivity index (χ2v) is 4.10. The molecule has 0 aliphatic carbocycles. The molecule has 88 valence electrons. The van der Waals surface area contributed by atoms with Crippen LogP contribution in [0, 0.1) is 0 Å². The van der Waals surface area contributed by atoms with Gasteiger partial charge in [0.15, 0.2) is 5.69 Å². The average Bonchev–Trinajstić information content (AvgIpc) is 2.71. The van der Waals surface area contributed by atoms with Crippen molar-refractivity contribution in [3.63, 3.8) is 0 Å². The first-order valence-corrected chi connectivity index (χ1v) is 5.57. The summed E-state index contributed by atoms with van der Waals surface area (Å²) in [6, 6.07) is 0.233. The van der Waals surface area contributed by atoms with Crippen LogP contribution in [-0.2, 0) is 11.8 Å². The summed E-state index contributed by atoms with van der Waals surface area (Å²) in [6.07, 6.45) is 5.34. The van der Waals surface area contributed by atoms with E-state index in [-0.39, 0.29) is 12.0 Å². The third-order valence-electron chi connectivity index (χ3n) is 2.92. The van der Waals surface area contributed by atoms with Crippen molar-refractivity contribution in [2.45, 2.75) is 25.3 Å². The minimum absolute atomic E-state index is 0.233. The fourth-order valence-electron chi connectivity index (χ4n) is 2.13. The zero-order chi connectivity index (χ0) is 11.5. The zero-order valence-corrected chi connectivity index (χ0v) is 9.69. The summed E-state index contributed by atoms with van der Waals surface area (Å²) in [5, 5.41) is 7.57. The van der Waals surface area contributed by atoms with Crippen LogP contribution in [0.1, 0.15) is 41.4 Å². The molecule has 5 nitrogen and oxygen atoms in total. The molecule has 1 atom stereocenters. The molecule has 1 N–H and O–H groups in total. The first-order chi connectivity index (χ1) is 7.72. The summed E-state index contributed by atoms with van der Waals surface area (Å²) in [7, 11) is 3.20. The van der Waals surface area contributed by atoms with E-state index in [1.807, 2.05) is 13.2 Å². The molecule has 0 aromatic carbocycles. The molecular weight excluding hydrogens is 206 g/mol. The number of hydrogen-bond acceptors (Lipinski definition) is 4. The predicted octanol–water partition coefficient (Wildman–Crippen LogP) is 1.02. The van der Waals surface area contributed by atoms with E-state index in [2.05, 4.69) is 10.4 Å². The maximum atomic E-state index is 11.6. The fourth-order valence-corrected chi connectivity index (χ4v) is 2.13. The number of aromatic nitrogens is 2. The fraction of sp³-hybridized carbons (Fsp3) is 0.636. The Hall–Kier alpha value is -1.36. The zero-order valence-electron chi connectivity index (χ0n) is 9.69. The van der Waals surface area contributed by atoms with Crippen molar-refractivity contribution in [3.05, 3.63) is 17.5 Å². The van der Waals surface area contributed by atoms with Gasteiger partial charge in [-0.15, -0.1) is 0 Å². The summed E-state index contributed by atoms with van der Waals surface area (Å²) in [5.41, 5.74) is 1.39. The largest absolute Gasteiger partial charge is 0.464 e. The lowest BCUT2D eigenvalue weighted by atomic mass is 9.98. The van der Waals surface area contributed by atoms with Crippen LogP contribution in [0.3, 0.4) is 0 Å². The van der Waals surface area contributed by atoms with E-state index in [4.69, 9.17) is 4.74 Å². The number of methoxy groups -OCH3 is 1. The Morgan fingerprint density at radius 2 is 2.44 bits per heavy atom. The second kappa shape index (κ2) is 4.65. The summed E-state index contributed by atoms with van der Waals surface area (Å²) in [5.74, 6) is -0.358. The molecule has 0 spiro atoms. The summed E-state index contributed by atoms with van der Waals surface area (Å²) in [6.45, 7) is 1.00. The van der Waals surface area contributed by atoms with Crippen LogP contribution >= 0.6 is 0 Å². The van der Waals surface area contributed by atoms with Crippen LogP contribution < -0.4 is 5.32 Å². The smallest absolute Gasteiger partial charge is 0.358 e. The van der Waals surface area contributed by atoms with Gasteiger partial charge in [0.25, 0.3) is 0 Å². The number of aryl methyl sites for hydroxylation is 1. The minimum Gasteiger partial charge on any atom is -0.464 e. The number of carbonyl (C=O) groups excluding carboxylic acids is 1. The van der Waals surface area contributed by atoms with Gasteiger partial charge in [-0.1, -0.05) is 6.42 Å². The maximum Gasteiger partial charge on any atom is 0.358 e. The van der Waals surface area contributed by atoms with Crippen molar-refractivity contribution in [2.24, 2.45) is 7.05 Å². The van der Waals surface area contributed by atoms with Crippen molar-refractivity contribution in [3.8, 4) is 0 Å². The normalized spacial score (nSPS) is 20.8. The highest BCUT2D eigenvalue weighted by molar-refractivity contribution is 5.88. The lowest BCUT2D eigenvalue weighted by Gasteiger charge is -2.22. The molecule has 16 heavy (non-hydrogen) atoms. The van der Waals surface area contributed by atoms with E-state index in [0.717, 1.165) is 18.5 Å². The molecule has 1 saturated heterocycles. The van der Waals surface area contributed by atoms with Crippen molar-refractivity contribution >= 4 is 5.97 Å². The Kier molecular flexibility index (Phi) is 3.24. The average molecular weight is 223 g/mol. The molecule has 0 amide bonds. The molecule has 1 aliphatic rings. The monoisotopic (exact) mass is 223 g/mol. The van der Waals surface area contributed by atoms with Gasteiger partial charge in [-0.25, -0.2) is 4.79 Å². The standard InChI is InChI=1S/C11H17N3O2/c1-14-7-8(9-5-3-4-6-12-9)10(13-14)11(15)16-2/h7,9,12H,3-6H2,1-2H3. The quantitative estimate of drug-likeness (QED) is 0.761. The number of hydrogen-bond donors (Lipinski definition) is 1. The molecule has 1 aliphatic heterocycles. The third kappa shape index (κ3) is 2.09. The van der Waals surface area contributed by atoms with Crippen molar-refractivity contribution in [1.29, 1.82) is 0 Å². The molecule has 2 rings (SSSR count). The van der Waals surface area contributed by atoms with Crippen LogP contribution in [-0.4, -0.2) is 29.4 Å². The number of piperidine rings is 1. The van der Waals surface area contributed by atoms with Crippen molar-refractivity contribution in [1.82, 2.24) is 15.1 Å².